The molecule has 0 spiro atoms. The highest BCUT2D eigenvalue weighted by Crippen LogP contribution is 2.24. The smallest absolute Gasteiger partial charge is 0.230 e. The van der Waals surface area contributed by atoms with Crippen molar-refractivity contribution in [1.29, 1.82) is 0 Å². The molecule has 1 atom stereocenters. The highest BCUT2D eigenvalue weighted by Gasteiger charge is 2.13. The molecule has 5 N–H and O–H groups in total. The summed E-state index contributed by atoms with van der Waals surface area (Å²) in [7, 11) is 0. The van der Waals surface area contributed by atoms with E-state index in [9.17, 15) is 4.79 Å². The number of nitrogens with zero attached hydrogens (tertiary/aromatic N) is 3. The van der Waals surface area contributed by atoms with Gasteiger partial charge in [0.15, 0.2) is 5.16 Å². The van der Waals surface area contributed by atoms with E-state index in [1.807, 2.05) is 31.2 Å². The normalized spacial score (nSPS) is 12.0. The van der Waals surface area contributed by atoms with Crippen LogP contribution in [-0.4, -0.2) is 26.6 Å². The minimum Gasteiger partial charge on any atom is -0.368 e. The summed E-state index contributed by atoms with van der Waals surface area (Å²) in [5.41, 5.74) is 12.1. The Bertz CT molecular complexity index is 891. The lowest BCUT2D eigenvalue weighted by molar-refractivity contribution is -0.119. The number of anilines is 2. The Kier molecular flexibility index (Phi) is 4.99. The third-order valence-electron chi connectivity index (χ3n) is 3.65. The maximum atomic E-state index is 12.2. The largest absolute Gasteiger partial charge is 0.368 e. The van der Waals surface area contributed by atoms with Crippen LogP contribution >= 0.6 is 11.8 Å². The van der Waals surface area contributed by atoms with E-state index in [2.05, 4.69) is 38.5 Å². The van der Waals surface area contributed by atoms with Crippen molar-refractivity contribution in [3.63, 3.8) is 0 Å². The second-order valence-corrected chi connectivity index (χ2v) is 6.42. The first-order valence-electron chi connectivity index (χ1n) is 7.70. The lowest BCUT2D eigenvalue weighted by Crippen LogP contribution is -2.28. The quantitative estimate of drug-likeness (QED) is 0.600. The fourth-order valence-corrected chi connectivity index (χ4v) is 3.23. The maximum absolute atomic E-state index is 12.2. The molecule has 3 aromatic rings. The first kappa shape index (κ1) is 17.0. The van der Waals surface area contributed by atoms with Crippen LogP contribution in [0.3, 0.4) is 0 Å². The van der Waals surface area contributed by atoms with Gasteiger partial charge in [-0.1, -0.05) is 54.2 Å². The molecule has 1 heterocycles. The maximum Gasteiger partial charge on any atom is 0.230 e. The van der Waals surface area contributed by atoms with Gasteiger partial charge in [0.1, 0.15) is 0 Å². The SMILES string of the molecule is C[C@H](NC(=O)CSc1nc(N)nc(N)n1)c1cccc2ccccc12. The molecule has 128 valence electrons. The van der Waals surface area contributed by atoms with Crippen molar-refractivity contribution in [3.05, 3.63) is 48.0 Å². The Morgan fingerprint density at radius 3 is 2.52 bits per heavy atom. The monoisotopic (exact) mass is 354 g/mol. The Balaban J connectivity index is 1.66. The zero-order valence-electron chi connectivity index (χ0n) is 13.6. The summed E-state index contributed by atoms with van der Waals surface area (Å²) in [5, 5.41) is 5.60. The highest BCUT2D eigenvalue weighted by molar-refractivity contribution is 7.99. The number of nitrogens with two attached hydrogens (primary N) is 2. The summed E-state index contributed by atoms with van der Waals surface area (Å²) in [6.07, 6.45) is 0. The molecule has 1 amide bonds. The van der Waals surface area contributed by atoms with Gasteiger partial charge in [-0.2, -0.15) is 15.0 Å². The van der Waals surface area contributed by atoms with Gasteiger partial charge in [-0.05, 0) is 23.3 Å². The molecule has 25 heavy (non-hydrogen) atoms. The van der Waals surface area contributed by atoms with E-state index in [1.165, 1.54) is 0 Å². The first-order valence-corrected chi connectivity index (χ1v) is 8.68. The van der Waals surface area contributed by atoms with Crippen LogP contribution in [0.1, 0.15) is 18.5 Å². The molecule has 0 aliphatic rings. The number of carbonyl (C=O) groups excluding carboxylic acids is 1. The molecule has 0 radical (unpaired) electrons. The van der Waals surface area contributed by atoms with E-state index in [0.29, 0.717) is 5.16 Å². The number of rotatable bonds is 5. The Morgan fingerprint density at radius 1 is 1.08 bits per heavy atom. The summed E-state index contributed by atoms with van der Waals surface area (Å²) >= 11 is 1.16. The number of hydrogen-bond acceptors (Lipinski definition) is 7. The fraction of sp³-hybridized carbons (Fsp3) is 0.176. The van der Waals surface area contributed by atoms with Gasteiger partial charge < -0.3 is 16.8 Å². The van der Waals surface area contributed by atoms with Gasteiger partial charge in [0.25, 0.3) is 0 Å². The first-order chi connectivity index (χ1) is 12.0. The zero-order valence-corrected chi connectivity index (χ0v) is 14.5. The van der Waals surface area contributed by atoms with Crippen LogP contribution in [0.15, 0.2) is 47.6 Å². The topological polar surface area (TPSA) is 120 Å². The molecule has 8 heteroatoms. The number of carbonyl (C=O) groups is 1. The summed E-state index contributed by atoms with van der Waals surface area (Å²) < 4.78 is 0. The van der Waals surface area contributed by atoms with E-state index < -0.39 is 0 Å². The minimum absolute atomic E-state index is 0.0412. The van der Waals surface area contributed by atoms with Crippen LogP contribution < -0.4 is 16.8 Å². The van der Waals surface area contributed by atoms with Gasteiger partial charge >= 0.3 is 0 Å². The lowest BCUT2D eigenvalue weighted by Gasteiger charge is -2.16. The molecular formula is C17H18N6OS. The van der Waals surface area contributed by atoms with Crippen LogP contribution in [0, 0.1) is 0 Å². The van der Waals surface area contributed by atoms with E-state index in [4.69, 9.17) is 11.5 Å². The van der Waals surface area contributed by atoms with E-state index in [0.717, 1.165) is 28.1 Å². The Morgan fingerprint density at radius 2 is 1.76 bits per heavy atom. The van der Waals surface area contributed by atoms with Gasteiger partial charge in [-0.25, -0.2) is 0 Å². The molecule has 0 aliphatic carbocycles. The molecule has 0 bridgehead atoms. The van der Waals surface area contributed by atoms with Crippen molar-refractivity contribution in [3.8, 4) is 0 Å². The summed E-state index contributed by atoms with van der Waals surface area (Å²) in [4.78, 5) is 23.8. The molecule has 0 saturated heterocycles. The van der Waals surface area contributed by atoms with Crippen molar-refractivity contribution < 1.29 is 4.79 Å². The molecule has 0 saturated carbocycles. The summed E-state index contributed by atoms with van der Waals surface area (Å²) in [6.45, 7) is 1.96. The van der Waals surface area contributed by atoms with Gasteiger partial charge in [-0.3, -0.25) is 4.79 Å². The third-order valence-corrected chi connectivity index (χ3v) is 4.50. The average molecular weight is 354 g/mol. The van der Waals surface area contributed by atoms with Gasteiger partial charge in [0, 0.05) is 0 Å². The van der Waals surface area contributed by atoms with Gasteiger partial charge in [-0.15, -0.1) is 0 Å². The lowest BCUT2D eigenvalue weighted by atomic mass is 10.00. The number of nitrogen functional groups attached to an aromatic ring is 2. The van der Waals surface area contributed by atoms with Crippen LogP contribution in [0.2, 0.25) is 0 Å². The van der Waals surface area contributed by atoms with Gasteiger partial charge in [0.05, 0.1) is 11.8 Å². The van der Waals surface area contributed by atoms with Crippen LogP contribution in [0.4, 0.5) is 11.9 Å². The number of hydrogen-bond donors (Lipinski definition) is 3. The molecule has 2 aromatic carbocycles. The molecule has 3 rings (SSSR count). The van der Waals surface area contributed by atoms with Gasteiger partial charge in [0.2, 0.25) is 17.8 Å². The standard InChI is InChI=1S/C17H18N6OS/c1-10(12-8-4-6-11-5-2-3-7-13(11)12)20-14(24)9-25-17-22-15(18)21-16(19)23-17/h2-8,10H,9H2,1H3,(H,20,24)(H4,18,19,21,22,23)/t10-/m0/s1. The Labute approximate surface area is 149 Å². The molecule has 1 aromatic heterocycles. The minimum atomic E-state index is -0.122. The van der Waals surface area contributed by atoms with Crippen molar-refractivity contribution in [1.82, 2.24) is 20.3 Å². The number of fused-ring (bicyclic) bond motifs is 1. The number of benzene rings is 2. The molecule has 7 nitrogen and oxygen atoms in total. The van der Waals surface area contributed by atoms with E-state index in [-0.39, 0.29) is 29.6 Å². The second kappa shape index (κ2) is 7.35. The zero-order chi connectivity index (χ0) is 17.8. The highest BCUT2D eigenvalue weighted by atomic mass is 32.2. The summed E-state index contributed by atoms with van der Waals surface area (Å²) in [5.74, 6) is 0.125. The Hall–Kier alpha value is -2.87. The molecular weight excluding hydrogens is 336 g/mol. The van der Waals surface area contributed by atoms with Crippen molar-refractivity contribution in [2.24, 2.45) is 0 Å². The van der Waals surface area contributed by atoms with Crippen LogP contribution in [-0.2, 0) is 4.79 Å². The fourth-order valence-electron chi connectivity index (χ4n) is 2.57. The van der Waals surface area contributed by atoms with E-state index >= 15 is 0 Å². The summed E-state index contributed by atoms with van der Waals surface area (Å²) in [6, 6.07) is 14.0. The number of aromatic nitrogens is 3. The predicted molar refractivity (Wildman–Crippen MR) is 99.9 cm³/mol. The second-order valence-electron chi connectivity index (χ2n) is 5.48. The average Bonchev–Trinajstić information content (AvgIpc) is 2.58. The molecule has 0 unspecified atom stereocenters. The van der Waals surface area contributed by atoms with Crippen molar-refractivity contribution in [2.75, 3.05) is 17.2 Å². The number of thioether (sulfide) groups is 1. The van der Waals surface area contributed by atoms with Crippen molar-refractivity contribution in [2.45, 2.75) is 18.1 Å². The number of nitrogens with one attached hydrogen (secondary N) is 1. The number of amides is 1. The van der Waals surface area contributed by atoms with Crippen molar-refractivity contribution >= 4 is 40.3 Å². The van der Waals surface area contributed by atoms with Crippen LogP contribution in [0.25, 0.3) is 10.8 Å². The van der Waals surface area contributed by atoms with E-state index in [1.54, 1.807) is 0 Å². The third kappa shape index (κ3) is 4.16. The molecule has 0 fully saturated rings. The molecule has 0 aliphatic heterocycles. The predicted octanol–water partition coefficient (Wildman–Crippen LogP) is 2.16. The van der Waals surface area contributed by atoms with Crippen LogP contribution in [0.5, 0.6) is 0 Å².